The molecule has 0 radical (unpaired) electrons. The van der Waals surface area contributed by atoms with E-state index in [1.807, 2.05) is 31.0 Å². The van der Waals surface area contributed by atoms with E-state index >= 15 is 0 Å². The summed E-state index contributed by atoms with van der Waals surface area (Å²) in [7, 11) is 1.82. The number of aromatic nitrogens is 3. The van der Waals surface area contributed by atoms with Crippen molar-refractivity contribution in [3.63, 3.8) is 0 Å². The van der Waals surface area contributed by atoms with E-state index in [1.165, 1.54) is 0 Å². The smallest absolute Gasteiger partial charge is 0.257 e. The van der Waals surface area contributed by atoms with Gasteiger partial charge in [0, 0.05) is 39.4 Å². The SMILES string of the molecule is CCOc1cccc2sc(N3CCN(C(=O)c4cnn(C)c4)CC3)nc12. The van der Waals surface area contributed by atoms with Crippen LogP contribution in [-0.2, 0) is 7.05 Å². The zero-order valence-electron chi connectivity index (χ0n) is 14.9. The Hall–Kier alpha value is -2.61. The number of fused-ring (bicyclic) bond motifs is 1. The van der Waals surface area contributed by atoms with E-state index in [0.717, 1.165) is 34.2 Å². The number of piperazine rings is 1. The van der Waals surface area contributed by atoms with Crippen LogP contribution >= 0.6 is 11.3 Å². The highest BCUT2D eigenvalue weighted by atomic mass is 32.1. The van der Waals surface area contributed by atoms with Crippen LogP contribution in [0, 0.1) is 0 Å². The Bertz CT molecular complexity index is 927. The summed E-state index contributed by atoms with van der Waals surface area (Å²) < 4.78 is 8.46. The van der Waals surface area contributed by atoms with Crippen molar-refractivity contribution in [2.45, 2.75) is 6.92 Å². The normalized spacial score (nSPS) is 14.8. The fraction of sp³-hybridized carbons (Fsp3) is 0.389. The highest BCUT2D eigenvalue weighted by molar-refractivity contribution is 7.22. The Kier molecular flexibility index (Phi) is 4.50. The van der Waals surface area contributed by atoms with E-state index in [-0.39, 0.29) is 5.91 Å². The van der Waals surface area contributed by atoms with E-state index in [2.05, 4.69) is 16.1 Å². The van der Waals surface area contributed by atoms with Crippen LogP contribution in [0.4, 0.5) is 5.13 Å². The van der Waals surface area contributed by atoms with Gasteiger partial charge in [-0.2, -0.15) is 5.10 Å². The largest absolute Gasteiger partial charge is 0.492 e. The number of carbonyl (C=O) groups excluding carboxylic acids is 1. The van der Waals surface area contributed by atoms with Crippen LogP contribution in [0.1, 0.15) is 17.3 Å². The second-order valence-corrected chi connectivity index (χ2v) is 7.22. The molecular weight excluding hydrogens is 350 g/mol. The number of rotatable bonds is 4. The molecule has 0 aliphatic carbocycles. The molecule has 7 nitrogen and oxygen atoms in total. The molecule has 1 aliphatic rings. The molecule has 0 N–H and O–H groups in total. The number of aryl methyl sites for hydroxylation is 1. The lowest BCUT2D eigenvalue weighted by atomic mass is 10.2. The first-order valence-corrected chi connectivity index (χ1v) is 9.52. The molecule has 1 saturated heterocycles. The van der Waals surface area contributed by atoms with Crippen molar-refractivity contribution >= 4 is 32.6 Å². The van der Waals surface area contributed by atoms with Crippen molar-refractivity contribution < 1.29 is 9.53 Å². The second kappa shape index (κ2) is 6.95. The van der Waals surface area contributed by atoms with Gasteiger partial charge in [0.05, 0.1) is 23.1 Å². The minimum Gasteiger partial charge on any atom is -0.492 e. The fourth-order valence-electron chi connectivity index (χ4n) is 3.13. The number of carbonyl (C=O) groups is 1. The molecule has 1 aliphatic heterocycles. The first-order chi connectivity index (χ1) is 12.7. The lowest BCUT2D eigenvalue weighted by Crippen LogP contribution is -2.48. The van der Waals surface area contributed by atoms with E-state index in [1.54, 1.807) is 28.4 Å². The van der Waals surface area contributed by atoms with Crippen LogP contribution < -0.4 is 9.64 Å². The number of nitrogens with zero attached hydrogens (tertiary/aromatic N) is 5. The van der Waals surface area contributed by atoms with Gasteiger partial charge in [0.1, 0.15) is 11.3 Å². The second-order valence-electron chi connectivity index (χ2n) is 6.21. The quantitative estimate of drug-likeness (QED) is 0.705. The molecule has 0 saturated carbocycles. The van der Waals surface area contributed by atoms with Gasteiger partial charge < -0.3 is 14.5 Å². The van der Waals surface area contributed by atoms with Crippen LogP contribution in [0.25, 0.3) is 10.2 Å². The zero-order chi connectivity index (χ0) is 18.1. The van der Waals surface area contributed by atoms with Gasteiger partial charge in [-0.15, -0.1) is 0 Å². The van der Waals surface area contributed by atoms with Gasteiger partial charge in [0.15, 0.2) is 5.13 Å². The van der Waals surface area contributed by atoms with Crippen molar-refractivity contribution in [2.24, 2.45) is 7.05 Å². The summed E-state index contributed by atoms with van der Waals surface area (Å²) in [5.41, 5.74) is 1.56. The van der Waals surface area contributed by atoms with E-state index in [0.29, 0.717) is 25.3 Å². The zero-order valence-corrected chi connectivity index (χ0v) is 15.7. The molecule has 1 aromatic carbocycles. The number of amides is 1. The predicted molar refractivity (Wildman–Crippen MR) is 102 cm³/mol. The van der Waals surface area contributed by atoms with E-state index < -0.39 is 0 Å². The Labute approximate surface area is 155 Å². The number of hydrogen-bond donors (Lipinski definition) is 0. The molecule has 1 fully saturated rings. The molecule has 0 bridgehead atoms. The molecule has 3 aromatic rings. The van der Waals surface area contributed by atoms with Crippen molar-refractivity contribution in [1.82, 2.24) is 19.7 Å². The van der Waals surface area contributed by atoms with Gasteiger partial charge in [-0.1, -0.05) is 17.4 Å². The molecule has 8 heteroatoms. The number of benzene rings is 1. The topological polar surface area (TPSA) is 63.5 Å². The van der Waals surface area contributed by atoms with Crippen LogP contribution in [-0.4, -0.2) is 58.4 Å². The third kappa shape index (κ3) is 3.12. The number of para-hydroxylation sites is 1. The first kappa shape index (κ1) is 16.8. The third-order valence-corrected chi connectivity index (χ3v) is 5.54. The highest BCUT2D eigenvalue weighted by Crippen LogP contribution is 2.34. The minimum atomic E-state index is 0.0423. The van der Waals surface area contributed by atoms with Gasteiger partial charge in [-0.25, -0.2) is 4.98 Å². The van der Waals surface area contributed by atoms with Gasteiger partial charge in [-0.05, 0) is 19.1 Å². The van der Waals surface area contributed by atoms with Gasteiger partial charge in [0.25, 0.3) is 5.91 Å². The Morgan fingerprint density at radius 2 is 2.08 bits per heavy atom. The summed E-state index contributed by atoms with van der Waals surface area (Å²) >= 11 is 1.67. The molecule has 0 spiro atoms. The van der Waals surface area contributed by atoms with E-state index in [9.17, 15) is 4.79 Å². The Morgan fingerprint density at radius 3 is 2.77 bits per heavy atom. The van der Waals surface area contributed by atoms with Crippen LogP contribution in [0.15, 0.2) is 30.6 Å². The van der Waals surface area contributed by atoms with Crippen LogP contribution in [0.2, 0.25) is 0 Å². The van der Waals surface area contributed by atoms with Crippen molar-refractivity contribution in [2.75, 3.05) is 37.7 Å². The van der Waals surface area contributed by atoms with Crippen molar-refractivity contribution in [1.29, 1.82) is 0 Å². The predicted octanol–water partition coefficient (Wildman–Crippen LogP) is 2.39. The minimum absolute atomic E-state index is 0.0423. The number of ether oxygens (including phenoxy) is 1. The fourth-order valence-corrected chi connectivity index (χ4v) is 4.17. The number of thiazole rings is 1. The molecular formula is C18H21N5O2S. The monoisotopic (exact) mass is 371 g/mol. The molecule has 4 rings (SSSR count). The lowest BCUT2D eigenvalue weighted by molar-refractivity contribution is 0.0746. The number of anilines is 1. The maximum Gasteiger partial charge on any atom is 0.257 e. The summed E-state index contributed by atoms with van der Waals surface area (Å²) in [5.74, 6) is 0.874. The van der Waals surface area contributed by atoms with Crippen LogP contribution in [0.3, 0.4) is 0 Å². The Morgan fingerprint density at radius 1 is 1.27 bits per heavy atom. The van der Waals surface area contributed by atoms with Gasteiger partial charge in [-0.3, -0.25) is 9.48 Å². The molecule has 136 valence electrons. The molecule has 0 atom stereocenters. The molecule has 3 heterocycles. The van der Waals surface area contributed by atoms with E-state index in [4.69, 9.17) is 9.72 Å². The van der Waals surface area contributed by atoms with Gasteiger partial charge in [0.2, 0.25) is 0 Å². The number of hydrogen-bond acceptors (Lipinski definition) is 6. The summed E-state index contributed by atoms with van der Waals surface area (Å²) in [6.45, 7) is 5.52. The third-order valence-electron chi connectivity index (χ3n) is 4.46. The summed E-state index contributed by atoms with van der Waals surface area (Å²) in [6.07, 6.45) is 3.38. The molecule has 0 unspecified atom stereocenters. The Balaban J connectivity index is 1.47. The van der Waals surface area contributed by atoms with Crippen molar-refractivity contribution in [3.05, 3.63) is 36.2 Å². The molecule has 1 amide bonds. The maximum absolute atomic E-state index is 12.5. The summed E-state index contributed by atoms with van der Waals surface area (Å²) in [4.78, 5) is 21.5. The van der Waals surface area contributed by atoms with Crippen LogP contribution in [0.5, 0.6) is 5.75 Å². The molecule has 2 aromatic heterocycles. The first-order valence-electron chi connectivity index (χ1n) is 8.71. The standard InChI is InChI=1S/C18H21N5O2S/c1-3-25-14-5-4-6-15-16(14)20-18(26-15)23-9-7-22(8-10-23)17(24)13-11-19-21(2)12-13/h4-6,11-12H,3,7-10H2,1-2H3. The average Bonchev–Trinajstić information content (AvgIpc) is 3.28. The average molecular weight is 371 g/mol. The molecule has 26 heavy (non-hydrogen) atoms. The summed E-state index contributed by atoms with van der Waals surface area (Å²) in [6, 6.07) is 6.03. The van der Waals surface area contributed by atoms with Crippen molar-refractivity contribution in [3.8, 4) is 5.75 Å². The summed E-state index contributed by atoms with van der Waals surface area (Å²) in [5, 5.41) is 5.07. The maximum atomic E-state index is 12.5. The van der Waals surface area contributed by atoms with Gasteiger partial charge >= 0.3 is 0 Å². The lowest BCUT2D eigenvalue weighted by Gasteiger charge is -2.34. The highest BCUT2D eigenvalue weighted by Gasteiger charge is 2.25.